The van der Waals surface area contributed by atoms with Gasteiger partial charge in [-0.3, -0.25) is 4.79 Å². The highest BCUT2D eigenvalue weighted by molar-refractivity contribution is 6.02. The molecule has 5 rings (SSSR count). The maximum atomic E-state index is 15.3. The quantitative estimate of drug-likeness (QED) is 0.609. The number of fused-ring (bicyclic) bond motifs is 2. The molecule has 3 heterocycles. The number of alkyl halides is 4. The third-order valence-corrected chi connectivity index (χ3v) is 6.88. The van der Waals surface area contributed by atoms with Crippen LogP contribution in [0.4, 0.5) is 17.6 Å². The molecule has 1 fully saturated rings. The summed E-state index contributed by atoms with van der Waals surface area (Å²) in [5, 5.41) is 0. The van der Waals surface area contributed by atoms with Gasteiger partial charge < -0.3 is 14.4 Å². The molecular formula is C24H22F4N2O3. The van der Waals surface area contributed by atoms with Crippen molar-refractivity contribution in [2.24, 2.45) is 4.99 Å². The molecule has 174 valence electrons. The van der Waals surface area contributed by atoms with E-state index in [0.717, 1.165) is 42.3 Å². The molecule has 1 saturated heterocycles. The number of likely N-dealkylation sites (tertiary alicyclic amines) is 1. The third-order valence-electron chi connectivity index (χ3n) is 6.88. The van der Waals surface area contributed by atoms with Crippen LogP contribution in [0.15, 0.2) is 53.5 Å². The summed E-state index contributed by atoms with van der Waals surface area (Å²) in [7, 11) is 0. The maximum absolute atomic E-state index is 15.3. The Morgan fingerprint density at radius 1 is 1.06 bits per heavy atom. The molecule has 0 aromatic heterocycles. The van der Waals surface area contributed by atoms with Crippen molar-refractivity contribution >= 4 is 11.9 Å². The molecule has 0 bridgehead atoms. The van der Waals surface area contributed by atoms with Crippen LogP contribution in [0.5, 0.6) is 0 Å². The van der Waals surface area contributed by atoms with E-state index in [2.05, 4.69) is 4.99 Å². The standard InChI is InChI=1S/C24H22F4N2O3/c1-22(24(27,28)17-8-6-15(7-9-17)19(25)26)20(31)29-21(33-22)30-12-10-23(11-13-30)18-5-3-2-4-16(18)14-32-23/h2-9,19H,10-14H2,1H3. The van der Waals surface area contributed by atoms with Crippen molar-refractivity contribution in [1.82, 2.24) is 4.90 Å². The molecule has 0 aliphatic carbocycles. The number of piperidine rings is 1. The van der Waals surface area contributed by atoms with Crippen LogP contribution in [0, 0.1) is 0 Å². The van der Waals surface area contributed by atoms with Crippen LogP contribution in [-0.2, 0) is 32.4 Å². The number of hydrogen-bond acceptors (Lipinski definition) is 4. The van der Waals surface area contributed by atoms with E-state index in [4.69, 9.17) is 9.47 Å². The number of amidine groups is 1. The second kappa shape index (κ2) is 7.55. The minimum atomic E-state index is -3.78. The molecule has 0 N–H and O–H groups in total. The number of nitrogens with zero attached hydrogens (tertiary/aromatic N) is 2. The van der Waals surface area contributed by atoms with Crippen LogP contribution in [0.25, 0.3) is 0 Å². The third kappa shape index (κ3) is 3.32. The molecule has 2 aromatic carbocycles. The molecule has 2 aromatic rings. The topological polar surface area (TPSA) is 51.1 Å². The molecule has 3 aliphatic rings. The molecule has 1 unspecified atom stereocenters. The van der Waals surface area contributed by atoms with Gasteiger partial charge in [0.05, 0.1) is 12.2 Å². The molecular weight excluding hydrogens is 440 g/mol. The van der Waals surface area contributed by atoms with Crippen molar-refractivity contribution in [3.8, 4) is 0 Å². The van der Waals surface area contributed by atoms with Crippen molar-refractivity contribution in [3.05, 3.63) is 70.8 Å². The Bertz CT molecular complexity index is 1110. The zero-order valence-corrected chi connectivity index (χ0v) is 17.9. The van der Waals surface area contributed by atoms with Crippen LogP contribution >= 0.6 is 0 Å². The summed E-state index contributed by atoms with van der Waals surface area (Å²) in [4.78, 5) is 18.1. The summed E-state index contributed by atoms with van der Waals surface area (Å²) in [6.45, 7) is 2.35. The van der Waals surface area contributed by atoms with Crippen molar-refractivity contribution in [2.45, 2.75) is 49.9 Å². The predicted molar refractivity (Wildman–Crippen MR) is 111 cm³/mol. The van der Waals surface area contributed by atoms with Gasteiger partial charge in [-0.05, 0) is 30.9 Å². The molecule has 0 radical (unpaired) electrons. The van der Waals surface area contributed by atoms with Crippen LogP contribution in [0.1, 0.15) is 48.4 Å². The fraction of sp³-hybridized carbons (Fsp3) is 0.417. The summed E-state index contributed by atoms with van der Waals surface area (Å²) >= 11 is 0. The molecule has 9 heteroatoms. The van der Waals surface area contributed by atoms with Gasteiger partial charge in [-0.1, -0.05) is 48.5 Å². The Balaban J connectivity index is 1.32. The van der Waals surface area contributed by atoms with Gasteiger partial charge in [0.2, 0.25) is 0 Å². The smallest absolute Gasteiger partial charge is 0.321 e. The molecule has 1 spiro atoms. The minimum absolute atomic E-state index is 0.146. The average Bonchev–Trinajstić information content (AvgIpc) is 3.33. The highest BCUT2D eigenvalue weighted by Crippen LogP contribution is 2.47. The second-order valence-corrected chi connectivity index (χ2v) is 8.76. The van der Waals surface area contributed by atoms with Gasteiger partial charge in [-0.2, -0.15) is 13.8 Å². The average molecular weight is 462 g/mol. The lowest BCUT2D eigenvalue weighted by Gasteiger charge is -2.40. The monoisotopic (exact) mass is 462 g/mol. The molecule has 3 aliphatic heterocycles. The Hall–Kier alpha value is -2.94. The van der Waals surface area contributed by atoms with Crippen molar-refractivity contribution < 1.29 is 31.8 Å². The van der Waals surface area contributed by atoms with E-state index in [1.807, 2.05) is 24.3 Å². The molecule has 1 atom stereocenters. The zero-order valence-electron chi connectivity index (χ0n) is 17.9. The first-order chi connectivity index (χ1) is 15.7. The number of ether oxygens (including phenoxy) is 2. The summed E-state index contributed by atoms with van der Waals surface area (Å²) in [6.07, 6.45) is -1.58. The first kappa shape index (κ1) is 21.9. The molecule has 5 nitrogen and oxygen atoms in total. The molecule has 33 heavy (non-hydrogen) atoms. The number of carbonyl (C=O) groups is 1. The lowest BCUT2D eigenvalue weighted by atomic mass is 9.84. The lowest BCUT2D eigenvalue weighted by Crippen LogP contribution is -2.51. The first-order valence-corrected chi connectivity index (χ1v) is 10.7. The zero-order chi connectivity index (χ0) is 23.4. The van der Waals surface area contributed by atoms with Gasteiger partial charge in [-0.25, -0.2) is 8.78 Å². The van der Waals surface area contributed by atoms with Gasteiger partial charge >= 0.3 is 11.8 Å². The molecule has 1 amide bonds. The summed E-state index contributed by atoms with van der Waals surface area (Å²) < 4.78 is 67.8. The van der Waals surface area contributed by atoms with E-state index in [0.29, 0.717) is 32.5 Å². The van der Waals surface area contributed by atoms with E-state index >= 15 is 8.78 Å². The van der Waals surface area contributed by atoms with Gasteiger partial charge in [-0.15, -0.1) is 0 Å². The second-order valence-electron chi connectivity index (χ2n) is 8.76. The predicted octanol–water partition coefficient (Wildman–Crippen LogP) is 4.91. The maximum Gasteiger partial charge on any atom is 0.321 e. The lowest BCUT2D eigenvalue weighted by molar-refractivity contribution is -0.178. The fourth-order valence-corrected chi connectivity index (χ4v) is 4.75. The number of carbonyl (C=O) groups excluding carboxylic acids is 1. The van der Waals surface area contributed by atoms with E-state index in [9.17, 15) is 13.6 Å². The van der Waals surface area contributed by atoms with Gasteiger partial charge in [0.15, 0.2) is 0 Å². The highest BCUT2D eigenvalue weighted by atomic mass is 19.3. The number of aliphatic imine (C=N–C) groups is 1. The number of amides is 1. The number of hydrogen-bond donors (Lipinski definition) is 0. The minimum Gasteiger partial charge on any atom is -0.441 e. The Kier molecular flexibility index (Phi) is 5.00. The van der Waals surface area contributed by atoms with Gasteiger partial charge in [0, 0.05) is 24.2 Å². The van der Waals surface area contributed by atoms with Crippen LogP contribution < -0.4 is 0 Å². The van der Waals surface area contributed by atoms with Crippen molar-refractivity contribution in [2.75, 3.05) is 13.1 Å². The number of halogens is 4. The summed E-state index contributed by atoms with van der Waals surface area (Å²) in [5.74, 6) is -4.89. The SMILES string of the molecule is CC1(C(F)(F)c2ccc(C(F)F)cc2)OC(N2CCC3(CC2)OCc2ccccc23)=NC1=O. The summed E-state index contributed by atoms with van der Waals surface area (Å²) in [6, 6.07) is 11.5. The van der Waals surface area contributed by atoms with E-state index < -0.39 is 35.0 Å². The molecule has 0 saturated carbocycles. The van der Waals surface area contributed by atoms with Crippen LogP contribution in [-0.4, -0.2) is 35.5 Å². The largest absolute Gasteiger partial charge is 0.441 e. The van der Waals surface area contributed by atoms with E-state index in [1.54, 1.807) is 4.90 Å². The van der Waals surface area contributed by atoms with Gasteiger partial charge in [0.25, 0.3) is 18.0 Å². The fourth-order valence-electron chi connectivity index (χ4n) is 4.75. The number of benzene rings is 2. The van der Waals surface area contributed by atoms with Crippen molar-refractivity contribution in [3.63, 3.8) is 0 Å². The van der Waals surface area contributed by atoms with Gasteiger partial charge in [0.1, 0.15) is 0 Å². The number of rotatable bonds is 3. The highest BCUT2D eigenvalue weighted by Gasteiger charge is 2.63. The Morgan fingerprint density at radius 2 is 1.73 bits per heavy atom. The van der Waals surface area contributed by atoms with E-state index in [-0.39, 0.29) is 11.6 Å². The summed E-state index contributed by atoms with van der Waals surface area (Å²) in [5.41, 5.74) is -1.70. The normalized spacial score (nSPS) is 24.2. The first-order valence-electron chi connectivity index (χ1n) is 10.7. The van der Waals surface area contributed by atoms with Crippen LogP contribution in [0.3, 0.4) is 0 Å². The van der Waals surface area contributed by atoms with Crippen LogP contribution in [0.2, 0.25) is 0 Å². The Labute approximate surface area is 188 Å². The van der Waals surface area contributed by atoms with E-state index in [1.165, 1.54) is 0 Å². The Morgan fingerprint density at radius 3 is 2.39 bits per heavy atom. The van der Waals surface area contributed by atoms with Crippen molar-refractivity contribution in [1.29, 1.82) is 0 Å².